The van der Waals surface area contributed by atoms with Crippen molar-refractivity contribution in [3.63, 3.8) is 0 Å². The van der Waals surface area contributed by atoms with Crippen molar-refractivity contribution in [2.24, 2.45) is 0 Å². The Labute approximate surface area is 83.9 Å². The topological polar surface area (TPSA) is 43.1 Å². The molecule has 1 rings (SSSR count). The predicted octanol–water partition coefficient (Wildman–Crippen LogP) is 3.50. The number of nitrogens with zero attached hydrogens (tertiary/aromatic N) is 1. The Bertz CT molecular complexity index is 302. The first-order valence-electron chi connectivity index (χ1n) is 4.93. The predicted molar refractivity (Wildman–Crippen MR) is 56.4 cm³/mol. The first-order valence-corrected chi connectivity index (χ1v) is 4.93. The maximum absolute atomic E-state index is 10.4. The van der Waals surface area contributed by atoms with Crippen molar-refractivity contribution < 1.29 is 4.92 Å². The highest BCUT2D eigenvalue weighted by Gasteiger charge is 2.09. The first kappa shape index (κ1) is 10.7. The fourth-order valence-corrected chi connectivity index (χ4v) is 1.63. The molecule has 0 fully saturated rings. The van der Waals surface area contributed by atoms with Gasteiger partial charge in [-0.1, -0.05) is 26.0 Å². The Hall–Kier alpha value is -1.38. The summed E-state index contributed by atoms with van der Waals surface area (Å²) in [6.45, 7) is 4.27. The zero-order valence-corrected chi connectivity index (χ0v) is 8.56. The van der Waals surface area contributed by atoms with E-state index in [9.17, 15) is 10.1 Å². The van der Waals surface area contributed by atoms with Crippen molar-refractivity contribution in [3.8, 4) is 0 Å². The van der Waals surface area contributed by atoms with Gasteiger partial charge in [0.25, 0.3) is 5.69 Å². The molecule has 0 aliphatic carbocycles. The van der Waals surface area contributed by atoms with E-state index < -0.39 is 0 Å². The van der Waals surface area contributed by atoms with E-state index in [1.54, 1.807) is 12.1 Å². The third-order valence-corrected chi connectivity index (χ3v) is 2.56. The average Bonchev–Trinajstić information content (AvgIpc) is 2.20. The van der Waals surface area contributed by atoms with Crippen LogP contribution in [0.2, 0.25) is 0 Å². The molecule has 0 unspecified atom stereocenters. The van der Waals surface area contributed by atoms with E-state index >= 15 is 0 Å². The summed E-state index contributed by atoms with van der Waals surface area (Å²) in [6.07, 6.45) is 2.16. The number of nitro benzene ring substituents is 1. The highest BCUT2D eigenvalue weighted by atomic mass is 16.6. The lowest BCUT2D eigenvalue weighted by Crippen LogP contribution is -1.95. The largest absolute Gasteiger partial charge is 0.269 e. The molecule has 0 heterocycles. The van der Waals surface area contributed by atoms with Crippen LogP contribution in [0.5, 0.6) is 0 Å². The van der Waals surface area contributed by atoms with Gasteiger partial charge in [0.2, 0.25) is 0 Å². The Balaban J connectivity index is 2.87. The normalized spacial score (nSPS) is 10.5. The second-order valence-electron chi connectivity index (χ2n) is 3.36. The Kier molecular flexibility index (Phi) is 3.63. The van der Waals surface area contributed by atoms with Gasteiger partial charge in [0, 0.05) is 12.1 Å². The SMILES string of the molecule is CCC(CC)c1ccc([N+](=O)[O-])cc1. The summed E-state index contributed by atoms with van der Waals surface area (Å²) < 4.78 is 0. The van der Waals surface area contributed by atoms with Crippen LogP contribution in [0.1, 0.15) is 38.2 Å². The third-order valence-electron chi connectivity index (χ3n) is 2.56. The summed E-state index contributed by atoms with van der Waals surface area (Å²) in [6, 6.07) is 6.87. The van der Waals surface area contributed by atoms with Crippen LogP contribution < -0.4 is 0 Å². The average molecular weight is 193 g/mol. The molecule has 0 radical (unpaired) electrons. The van der Waals surface area contributed by atoms with Gasteiger partial charge in [-0.2, -0.15) is 0 Å². The molecular weight excluding hydrogens is 178 g/mol. The Morgan fingerprint density at radius 1 is 1.21 bits per heavy atom. The molecule has 0 aromatic heterocycles. The van der Waals surface area contributed by atoms with Crippen molar-refractivity contribution in [1.29, 1.82) is 0 Å². The van der Waals surface area contributed by atoms with Crippen LogP contribution in [0.4, 0.5) is 5.69 Å². The number of benzene rings is 1. The Morgan fingerprint density at radius 3 is 2.07 bits per heavy atom. The van der Waals surface area contributed by atoms with Gasteiger partial charge in [0.15, 0.2) is 0 Å². The van der Waals surface area contributed by atoms with Crippen LogP contribution in [-0.4, -0.2) is 4.92 Å². The molecule has 0 saturated carbocycles. The maximum atomic E-state index is 10.4. The van der Waals surface area contributed by atoms with Gasteiger partial charge in [-0.05, 0) is 24.3 Å². The molecule has 3 heteroatoms. The molecule has 0 aliphatic rings. The molecule has 0 aliphatic heterocycles. The minimum atomic E-state index is -0.364. The molecule has 0 spiro atoms. The molecule has 0 bridgehead atoms. The summed E-state index contributed by atoms with van der Waals surface area (Å²) in [5.74, 6) is 0.524. The summed E-state index contributed by atoms with van der Waals surface area (Å²) in [4.78, 5) is 10.1. The van der Waals surface area contributed by atoms with Crippen molar-refractivity contribution in [2.45, 2.75) is 32.6 Å². The van der Waals surface area contributed by atoms with E-state index in [1.165, 1.54) is 5.56 Å². The van der Waals surface area contributed by atoms with Crippen LogP contribution in [0, 0.1) is 10.1 Å². The second-order valence-corrected chi connectivity index (χ2v) is 3.36. The number of hydrogen-bond acceptors (Lipinski definition) is 2. The molecule has 0 N–H and O–H groups in total. The van der Waals surface area contributed by atoms with Crippen LogP contribution in [0.15, 0.2) is 24.3 Å². The summed E-state index contributed by atoms with van der Waals surface area (Å²) in [7, 11) is 0. The fourth-order valence-electron chi connectivity index (χ4n) is 1.63. The number of hydrogen-bond donors (Lipinski definition) is 0. The van der Waals surface area contributed by atoms with Crippen LogP contribution in [-0.2, 0) is 0 Å². The summed E-state index contributed by atoms with van der Waals surface area (Å²) >= 11 is 0. The Morgan fingerprint density at radius 2 is 1.71 bits per heavy atom. The van der Waals surface area contributed by atoms with Crippen molar-refractivity contribution in [1.82, 2.24) is 0 Å². The second kappa shape index (κ2) is 4.74. The molecule has 76 valence electrons. The fraction of sp³-hybridized carbons (Fsp3) is 0.455. The van der Waals surface area contributed by atoms with Gasteiger partial charge in [-0.15, -0.1) is 0 Å². The van der Waals surface area contributed by atoms with Crippen molar-refractivity contribution in [2.75, 3.05) is 0 Å². The van der Waals surface area contributed by atoms with Crippen molar-refractivity contribution in [3.05, 3.63) is 39.9 Å². The molecule has 14 heavy (non-hydrogen) atoms. The lowest BCUT2D eigenvalue weighted by Gasteiger charge is -2.11. The number of nitro groups is 1. The highest BCUT2D eigenvalue weighted by molar-refractivity contribution is 5.34. The lowest BCUT2D eigenvalue weighted by atomic mass is 9.94. The molecule has 1 aromatic carbocycles. The summed E-state index contributed by atoms with van der Waals surface area (Å²) in [5, 5.41) is 10.4. The van der Waals surface area contributed by atoms with Crippen LogP contribution in [0.3, 0.4) is 0 Å². The molecule has 0 saturated heterocycles. The molecule has 3 nitrogen and oxygen atoms in total. The van der Waals surface area contributed by atoms with Gasteiger partial charge in [-0.25, -0.2) is 0 Å². The zero-order chi connectivity index (χ0) is 10.6. The monoisotopic (exact) mass is 193 g/mol. The van der Waals surface area contributed by atoms with Gasteiger partial charge in [0.05, 0.1) is 4.92 Å². The summed E-state index contributed by atoms with van der Waals surface area (Å²) in [5.41, 5.74) is 1.36. The zero-order valence-electron chi connectivity index (χ0n) is 8.56. The van der Waals surface area contributed by atoms with Gasteiger partial charge >= 0.3 is 0 Å². The quantitative estimate of drug-likeness (QED) is 0.542. The minimum Gasteiger partial charge on any atom is -0.258 e. The lowest BCUT2D eigenvalue weighted by molar-refractivity contribution is -0.384. The minimum absolute atomic E-state index is 0.166. The van der Waals surface area contributed by atoms with Crippen molar-refractivity contribution >= 4 is 5.69 Å². The molecule has 0 amide bonds. The highest BCUT2D eigenvalue weighted by Crippen LogP contribution is 2.24. The number of non-ortho nitro benzene ring substituents is 1. The number of rotatable bonds is 4. The van der Waals surface area contributed by atoms with E-state index in [4.69, 9.17) is 0 Å². The van der Waals surface area contributed by atoms with E-state index in [0.717, 1.165) is 12.8 Å². The van der Waals surface area contributed by atoms with Gasteiger partial charge in [-0.3, -0.25) is 10.1 Å². The standard InChI is InChI=1S/C11H15NO2/c1-3-9(4-2)10-5-7-11(8-6-10)12(13)14/h5-9H,3-4H2,1-2H3. The van der Waals surface area contributed by atoms with E-state index in [-0.39, 0.29) is 10.6 Å². The first-order chi connectivity index (χ1) is 6.69. The molecule has 0 atom stereocenters. The maximum Gasteiger partial charge on any atom is 0.269 e. The van der Waals surface area contributed by atoms with E-state index in [0.29, 0.717) is 5.92 Å². The third kappa shape index (κ3) is 2.31. The van der Waals surface area contributed by atoms with Gasteiger partial charge < -0.3 is 0 Å². The van der Waals surface area contributed by atoms with Crippen LogP contribution >= 0.6 is 0 Å². The smallest absolute Gasteiger partial charge is 0.258 e. The van der Waals surface area contributed by atoms with E-state index in [1.807, 2.05) is 12.1 Å². The van der Waals surface area contributed by atoms with E-state index in [2.05, 4.69) is 13.8 Å². The van der Waals surface area contributed by atoms with Gasteiger partial charge in [0.1, 0.15) is 0 Å². The molecule has 1 aromatic rings. The van der Waals surface area contributed by atoms with Crippen LogP contribution in [0.25, 0.3) is 0 Å². The molecular formula is C11H15NO2.